The van der Waals surface area contributed by atoms with Gasteiger partial charge in [0.25, 0.3) is 5.91 Å². The van der Waals surface area contributed by atoms with Crippen LogP contribution in [0.1, 0.15) is 32.3 Å². The molecule has 0 saturated carbocycles. The van der Waals surface area contributed by atoms with E-state index in [0.717, 1.165) is 22.4 Å². The van der Waals surface area contributed by atoms with Crippen molar-refractivity contribution in [1.82, 2.24) is 5.32 Å². The van der Waals surface area contributed by atoms with Crippen LogP contribution in [-0.2, 0) is 4.79 Å². The molecule has 0 aliphatic rings. The van der Waals surface area contributed by atoms with E-state index in [1.165, 1.54) is 5.39 Å². The Balaban J connectivity index is 1.47. The van der Waals surface area contributed by atoms with E-state index in [0.29, 0.717) is 19.1 Å². The van der Waals surface area contributed by atoms with Crippen molar-refractivity contribution in [3.05, 3.63) is 72.3 Å². The Morgan fingerprint density at radius 1 is 0.929 bits per heavy atom. The van der Waals surface area contributed by atoms with Gasteiger partial charge in [-0.2, -0.15) is 0 Å². The second-order valence-electron chi connectivity index (χ2n) is 7.10. The van der Waals surface area contributed by atoms with Crippen molar-refractivity contribution in [3.8, 4) is 11.5 Å². The molecule has 0 aliphatic carbocycles. The summed E-state index contributed by atoms with van der Waals surface area (Å²) in [4.78, 5) is 12.3. The third-order valence-corrected chi connectivity index (χ3v) is 4.60. The lowest BCUT2D eigenvalue weighted by Crippen LogP contribution is -2.38. The Labute approximate surface area is 166 Å². The first-order chi connectivity index (χ1) is 13.5. The first kappa shape index (κ1) is 19.7. The van der Waals surface area contributed by atoms with Crippen molar-refractivity contribution in [3.63, 3.8) is 0 Å². The topological polar surface area (TPSA) is 47.6 Å². The summed E-state index contributed by atoms with van der Waals surface area (Å²) in [7, 11) is 0. The lowest BCUT2D eigenvalue weighted by molar-refractivity contribution is -0.127. The van der Waals surface area contributed by atoms with Crippen LogP contribution in [0.5, 0.6) is 11.5 Å². The van der Waals surface area contributed by atoms with Gasteiger partial charge in [0.05, 0.1) is 6.54 Å². The summed E-state index contributed by atoms with van der Waals surface area (Å²) in [5.41, 5.74) is 1.10. The number of ether oxygens (including phenoxy) is 2. The molecule has 146 valence electrons. The Morgan fingerprint density at radius 3 is 2.43 bits per heavy atom. The first-order valence-corrected chi connectivity index (χ1v) is 9.69. The van der Waals surface area contributed by atoms with Gasteiger partial charge in [-0.1, -0.05) is 62.4 Å². The van der Waals surface area contributed by atoms with Crippen molar-refractivity contribution in [2.24, 2.45) is 0 Å². The molecule has 0 spiro atoms. The zero-order chi connectivity index (χ0) is 19.9. The van der Waals surface area contributed by atoms with E-state index in [-0.39, 0.29) is 5.91 Å². The maximum atomic E-state index is 12.3. The molecular weight excluding hydrogens is 350 g/mol. The van der Waals surface area contributed by atoms with Crippen molar-refractivity contribution >= 4 is 16.7 Å². The van der Waals surface area contributed by atoms with Gasteiger partial charge in [-0.05, 0) is 47.4 Å². The second kappa shape index (κ2) is 9.27. The number of carbonyl (C=O) groups excluding carboxylic acids is 1. The van der Waals surface area contributed by atoms with Crippen LogP contribution in [0.15, 0.2) is 66.7 Å². The molecule has 3 aromatic carbocycles. The predicted octanol–water partition coefficient (Wildman–Crippen LogP) is 4.93. The quantitative estimate of drug-likeness (QED) is 0.567. The van der Waals surface area contributed by atoms with Gasteiger partial charge in [-0.25, -0.2) is 0 Å². The lowest BCUT2D eigenvalue weighted by Gasteiger charge is -2.18. The van der Waals surface area contributed by atoms with Gasteiger partial charge < -0.3 is 14.8 Å². The van der Waals surface area contributed by atoms with E-state index < -0.39 is 6.10 Å². The Morgan fingerprint density at radius 2 is 1.64 bits per heavy atom. The highest BCUT2D eigenvalue weighted by atomic mass is 16.5. The molecule has 0 aromatic heterocycles. The van der Waals surface area contributed by atoms with Crippen LogP contribution in [0.2, 0.25) is 0 Å². The molecule has 3 rings (SSSR count). The molecular formula is C24H27NO3. The van der Waals surface area contributed by atoms with Gasteiger partial charge in [0.2, 0.25) is 0 Å². The Kier molecular flexibility index (Phi) is 6.53. The Hall–Kier alpha value is -3.01. The van der Waals surface area contributed by atoms with E-state index in [1.54, 1.807) is 6.92 Å². The third-order valence-electron chi connectivity index (χ3n) is 4.60. The van der Waals surface area contributed by atoms with Crippen LogP contribution in [0.3, 0.4) is 0 Å². The van der Waals surface area contributed by atoms with Gasteiger partial charge in [0, 0.05) is 0 Å². The molecule has 0 radical (unpaired) electrons. The molecule has 0 fully saturated rings. The Bertz CT molecular complexity index is 936. The molecule has 1 atom stereocenters. The van der Waals surface area contributed by atoms with Crippen LogP contribution in [0.4, 0.5) is 0 Å². The van der Waals surface area contributed by atoms with Crippen LogP contribution in [-0.4, -0.2) is 25.2 Å². The van der Waals surface area contributed by atoms with Crippen LogP contribution < -0.4 is 14.8 Å². The molecule has 28 heavy (non-hydrogen) atoms. The maximum absolute atomic E-state index is 12.3. The van der Waals surface area contributed by atoms with Gasteiger partial charge in [0.15, 0.2) is 6.10 Å². The SMILES string of the molecule is CC(C)c1ccccc1O[C@@H](C)C(=O)NCCOc1ccc2ccccc2c1. The minimum atomic E-state index is -0.569. The smallest absolute Gasteiger partial charge is 0.260 e. The fraction of sp³-hybridized carbons (Fsp3) is 0.292. The van der Waals surface area contributed by atoms with Gasteiger partial charge in [-0.15, -0.1) is 0 Å². The van der Waals surface area contributed by atoms with E-state index in [9.17, 15) is 4.79 Å². The minimum Gasteiger partial charge on any atom is -0.492 e. The highest BCUT2D eigenvalue weighted by Gasteiger charge is 2.16. The average molecular weight is 377 g/mol. The lowest BCUT2D eigenvalue weighted by atomic mass is 10.0. The van der Waals surface area contributed by atoms with E-state index in [4.69, 9.17) is 9.47 Å². The molecule has 0 aliphatic heterocycles. The van der Waals surface area contributed by atoms with E-state index in [1.807, 2.05) is 54.6 Å². The zero-order valence-electron chi connectivity index (χ0n) is 16.6. The summed E-state index contributed by atoms with van der Waals surface area (Å²) in [6.07, 6.45) is -0.569. The summed E-state index contributed by atoms with van der Waals surface area (Å²) in [5, 5.41) is 5.18. The molecule has 0 unspecified atom stereocenters. The van der Waals surface area contributed by atoms with E-state index >= 15 is 0 Å². The van der Waals surface area contributed by atoms with Gasteiger partial charge in [-0.3, -0.25) is 4.79 Å². The molecule has 4 heteroatoms. The van der Waals surface area contributed by atoms with Crippen molar-refractivity contribution in [2.75, 3.05) is 13.2 Å². The fourth-order valence-electron chi connectivity index (χ4n) is 3.05. The number of hydrogen-bond acceptors (Lipinski definition) is 3. The number of amides is 1. The first-order valence-electron chi connectivity index (χ1n) is 9.69. The summed E-state index contributed by atoms with van der Waals surface area (Å²) in [6.45, 7) is 6.80. The second-order valence-corrected chi connectivity index (χ2v) is 7.10. The van der Waals surface area contributed by atoms with Crippen molar-refractivity contribution in [1.29, 1.82) is 0 Å². The molecule has 1 N–H and O–H groups in total. The highest BCUT2D eigenvalue weighted by molar-refractivity contribution is 5.83. The van der Waals surface area contributed by atoms with Gasteiger partial charge in [0.1, 0.15) is 18.1 Å². The number of hydrogen-bond donors (Lipinski definition) is 1. The monoisotopic (exact) mass is 377 g/mol. The molecule has 0 saturated heterocycles. The minimum absolute atomic E-state index is 0.152. The van der Waals surface area contributed by atoms with Gasteiger partial charge >= 0.3 is 0 Å². The largest absolute Gasteiger partial charge is 0.492 e. The molecule has 1 amide bonds. The molecule has 0 bridgehead atoms. The van der Waals surface area contributed by atoms with E-state index in [2.05, 4.69) is 31.3 Å². The summed E-state index contributed by atoms with van der Waals surface area (Å²) in [6, 6.07) is 22.0. The number of benzene rings is 3. The third kappa shape index (κ3) is 5.03. The highest BCUT2D eigenvalue weighted by Crippen LogP contribution is 2.26. The van der Waals surface area contributed by atoms with Crippen LogP contribution in [0.25, 0.3) is 10.8 Å². The maximum Gasteiger partial charge on any atom is 0.260 e. The fourth-order valence-corrected chi connectivity index (χ4v) is 3.05. The molecule has 4 nitrogen and oxygen atoms in total. The standard InChI is InChI=1S/C24H27NO3/c1-17(2)22-10-6-7-11-23(22)28-18(3)24(26)25-14-15-27-21-13-12-19-8-4-5-9-20(19)16-21/h4-13,16-18H,14-15H2,1-3H3,(H,25,26)/t18-/m0/s1. The predicted molar refractivity (Wildman–Crippen MR) is 113 cm³/mol. The summed E-state index contributed by atoms with van der Waals surface area (Å²) >= 11 is 0. The summed E-state index contributed by atoms with van der Waals surface area (Å²) < 4.78 is 11.6. The van der Waals surface area contributed by atoms with Crippen molar-refractivity contribution < 1.29 is 14.3 Å². The zero-order valence-corrected chi connectivity index (χ0v) is 16.6. The normalized spacial score (nSPS) is 12.0. The summed E-state index contributed by atoms with van der Waals surface area (Å²) in [5.74, 6) is 1.73. The average Bonchev–Trinajstić information content (AvgIpc) is 2.71. The molecule has 0 heterocycles. The van der Waals surface area contributed by atoms with Crippen molar-refractivity contribution in [2.45, 2.75) is 32.8 Å². The number of para-hydroxylation sites is 1. The number of rotatable bonds is 8. The van der Waals surface area contributed by atoms with Crippen LogP contribution in [0, 0.1) is 0 Å². The number of nitrogens with one attached hydrogen (secondary N) is 1. The number of carbonyl (C=O) groups is 1. The molecule has 3 aromatic rings. The van der Waals surface area contributed by atoms with Crippen LogP contribution >= 0.6 is 0 Å². The number of fused-ring (bicyclic) bond motifs is 1.